The monoisotopic (exact) mass is 328 g/mol. The molecule has 0 bridgehead atoms. The standard InChI is InChI=1S/C14H11ClF2N2O3/c1-19-8-9(2-7-12(19)20)13(21)18-10-3-5-11(6-4-10)22-14(15,16)17/h2-8H,1H3,(H,18,21). The Kier molecular flexibility index (Phi) is 4.46. The summed E-state index contributed by atoms with van der Waals surface area (Å²) < 4.78 is 30.3. The lowest BCUT2D eigenvalue weighted by molar-refractivity contribution is -0.0964. The molecule has 0 aliphatic rings. The van der Waals surface area contributed by atoms with Crippen LogP contribution in [0.4, 0.5) is 14.5 Å². The van der Waals surface area contributed by atoms with Gasteiger partial charge in [0, 0.05) is 36.6 Å². The normalized spacial score (nSPS) is 11.1. The number of amides is 1. The first-order chi connectivity index (χ1) is 10.2. The number of hydrogen-bond acceptors (Lipinski definition) is 3. The maximum absolute atomic E-state index is 12.5. The zero-order chi connectivity index (χ0) is 16.3. The SMILES string of the molecule is Cn1cc(C(=O)Nc2ccc(OC(F)(F)Cl)cc2)ccc1=O. The average molecular weight is 329 g/mol. The van der Waals surface area contributed by atoms with Gasteiger partial charge in [-0.05, 0) is 30.3 Å². The Labute approximate surface area is 129 Å². The van der Waals surface area contributed by atoms with Crippen molar-refractivity contribution in [2.24, 2.45) is 7.05 Å². The number of pyridine rings is 1. The predicted molar refractivity (Wildman–Crippen MR) is 77.5 cm³/mol. The molecule has 2 rings (SSSR count). The summed E-state index contributed by atoms with van der Waals surface area (Å²) in [6.45, 7) is 0. The second-order valence-electron chi connectivity index (χ2n) is 4.39. The lowest BCUT2D eigenvalue weighted by Crippen LogP contribution is -2.19. The number of alkyl halides is 3. The van der Waals surface area contributed by atoms with Gasteiger partial charge in [0.25, 0.3) is 5.91 Å². The molecule has 1 N–H and O–H groups in total. The van der Waals surface area contributed by atoms with Crippen LogP contribution < -0.4 is 15.6 Å². The van der Waals surface area contributed by atoms with E-state index < -0.39 is 11.5 Å². The van der Waals surface area contributed by atoms with Gasteiger partial charge in [-0.25, -0.2) is 0 Å². The van der Waals surface area contributed by atoms with Gasteiger partial charge in [-0.2, -0.15) is 0 Å². The quantitative estimate of drug-likeness (QED) is 0.878. The van der Waals surface area contributed by atoms with Crippen LogP contribution in [0.25, 0.3) is 0 Å². The van der Waals surface area contributed by atoms with Crippen molar-refractivity contribution in [3.8, 4) is 5.75 Å². The van der Waals surface area contributed by atoms with Crippen LogP contribution in [-0.4, -0.2) is 16.0 Å². The van der Waals surface area contributed by atoms with Crippen LogP contribution in [0.2, 0.25) is 0 Å². The Bertz CT molecular complexity index is 739. The molecule has 0 aliphatic heterocycles. The Morgan fingerprint density at radius 3 is 2.41 bits per heavy atom. The van der Waals surface area contributed by atoms with Gasteiger partial charge in [-0.3, -0.25) is 9.59 Å². The summed E-state index contributed by atoms with van der Waals surface area (Å²) in [7, 11) is 1.53. The number of carbonyl (C=O) groups excluding carboxylic acids is 1. The summed E-state index contributed by atoms with van der Waals surface area (Å²) >= 11 is 4.65. The molecule has 22 heavy (non-hydrogen) atoms. The van der Waals surface area contributed by atoms with E-state index in [1.165, 1.54) is 54.2 Å². The fraction of sp³-hybridized carbons (Fsp3) is 0.143. The summed E-state index contributed by atoms with van der Waals surface area (Å²) in [4.78, 5) is 23.2. The summed E-state index contributed by atoms with van der Waals surface area (Å²) in [5.74, 6) is -0.577. The number of anilines is 1. The highest BCUT2D eigenvalue weighted by molar-refractivity contribution is 6.20. The number of aryl methyl sites for hydroxylation is 1. The third kappa shape index (κ3) is 4.29. The van der Waals surface area contributed by atoms with Gasteiger partial charge in [0.15, 0.2) is 0 Å². The first kappa shape index (κ1) is 16.0. The molecule has 0 spiro atoms. The summed E-state index contributed by atoms with van der Waals surface area (Å²) in [6, 6.07) is 7.92. The molecular weight excluding hydrogens is 318 g/mol. The van der Waals surface area contributed by atoms with E-state index in [0.29, 0.717) is 5.69 Å². The van der Waals surface area contributed by atoms with Gasteiger partial charge in [0.05, 0.1) is 5.56 Å². The molecule has 0 unspecified atom stereocenters. The first-order valence-corrected chi connectivity index (χ1v) is 6.46. The zero-order valence-corrected chi connectivity index (χ0v) is 12.1. The van der Waals surface area contributed by atoms with Gasteiger partial charge in [-0.15, -0.1) is 8.78 Å². The van der Waals surface area contributed by atoms with Crippen molar-refractivity contribution in [3.63, 3.8) is 0 Å². The molecule has 0 atom stereocenters. The Morgan fingerprint density at radius 1 is 1.23 bits per heavy atom. The number of nitrogens with zero attached hydrogens (tertiary/aromatic N) is 1. The lowest BCUT2D eigenvalue weighted by atomic mass is 10.2. The molecule has 1 aromatic heterocycles. The predicted octanol–water partition coefficient (Wildman–Crippen LogP) is 2.81. The van der Waals surface area contributed by atoms with Crippen molar-refractivity contribution in [2.45, 2.75) is 5.57 Å². The smallest absolute Gasteiger partial charge is 0.420 e. The molecule has 116 valence electrons. The number of rotatable bonds is 4. The molecule has 5 nitrogen and oxygen atoms in total. The van der Waals surface area contributed by atoms with Gasteiger partial charge in [0.2, 0.25) is 5.56 Å². The van der Waals surface area contributed by atoms with E-state index in [0.717, 1.165) is 0 Å². The Morgan fingerprint density at radius 2 is 1.86 bits per heavy atom. The second kappa shape index (κ2) is 6.15. The molecule has 1 amide bonds. The first-order valence-electron chi connectivity index (χ1n) is 6.08. The van der Waals surface area contributed by atoms with Gasteiger partial charge in [-0.1, -0.05) is 0 Å². The summed E-state index contributed by atoms with van der Waals surface area (Å²) in [5, 5.41) is 2.56. The van der Waals surface area contributed by atoms with E-state index in [-0.39, 0.29) is 16.9 Å². The molecule has 8 heteroatoms. The molecule has 0 saturated carbocycles. The van der Waals surface area contributed by atoms with Crippen LogP contribution in [0.5, 0.6) is 5.75 Å². The number of halogens is 3. The summed E-state index contributed by atoms with van der Waals surface area (Å²) in [5.41, 5.74) is -3.36. The van der Waals surface area contributed by atoms with Crippen molar-refractivity contribution < 1.29 is 18.3 Å². The number of nitrogens with one attached hydrogen (secondary N) is 1. The number of benzene rings is 1. The van der Waals surface area contributed by atoms with Crippen LogP contribution in [0.1, 0.15) is 10.4 Å². The van der Waals surface area contributed by atoms with Crippen LogP contribution in [-0.2, 0) is 7.05 Å². The molecule has 0 aliphatic carbocycles. The third-order valence-corrected chi connectivity index (χ3v) is 2.77. The van der Waals surface area contributed by atoms with E-state index in [4.69, 9.17) is 0 Å². The number of ether oxygens (including phenoxy) is 1. The fourth-order valence-corrected chi connectivity index (χ4v) is 1.76. The molecule has 0 radical (unpaired) electrons. The van der Waals surface area contributed by atoms with Crippen molar-refractivity contribution in [1.82, 2.24) is 4.57 Å². The fourth-order valence-electron chi connectivity index (χ4n) is 1.67. The van der Waals surface area contributed by atoms with E-state index in [2.05, 4.69) is 21.7 Å². The topological polar surface area (TPSA) is 60.3 Å². The molecular formula is C14H11ClF2N2O3. The average Bonchev–Trinajstić information content (AvgIpc) is 2.42. The van der Waals surface area contributed by atoms with Gasteiger partial charge in [0.1, 0.15) is 5.75 Å². The maximum Gasteiger partial charge on any atom is 0.487 e. The second-order valence-corrected chi connectivity index (χ2v) is 4.83. The number of carbonyl (C=O) groups is 1. The molecule has 1 heterocycles. The molecule has 0 fully saturated rings. The van der Waals surface area contributed by atoms with Crippen molar-refractivity contribution in [1.29, 1.82) is 0 Å². The molecule has 0 saturated heterocycles. The minimum Gasteiger partial charge on any atom is -0.420 e. The highest BCUT2D eigenvalue weighted by Gasteiger charge is 2.27. The largest absolute Gasteiger partial charge is 0.487 e. The van der Waals surface area contributed by atoms with Crippen LogP contribution in [0, 0.1) is 0 Å². The zero-order valence-electron chi connectivity index (χ0n) is 11.3. The minimum atomic E-state index is -3.79. The highest BCUT2D eigenvalue weighted by Crippen LogP contribution is 2.26. The molecule has 2 aromatic rings. The molecule has 1 aromatic carbocycles. The van der Waals surface area contributed by atoms with Crippen molar-refractivity contribution in [3.05, 3.63) is 58.5 Å². The lowest BCUT2D eigenvalue weighted by Gasteiger charge is -2.11. The summed E-state index contributed by atoms with van der Waals surface area (Å²) in [6.07, 6.45) is 1.39. The third-order valence-electron chi connectivity index (χ3n) is 2.69. The Balaban J connectivity index is 2.08. The maximum atomic E-state index is 12.5. The van der Waals surface area contributed by atoms with Gasteiger partial charge >= 0.3 is 5.57 Å². The van der Waals surface area contributed by atoms with E-state index in [9.17, 15) is 18.4 Å². The number of aromatic nitrogens is 1. The Hall–Kier alpha value is -2.41. The van der Waals surface area contributed by atoms with E-state index >= 15 is 0 Å². The number of hydrogen-bond donors (Lipinski definition) is 1. The van der Waals surface area contributed by atoms with Crippen molar-refractivity contribution >= 4 is 23.2 Å². The van der Waals surface area contributed by atoms with Crippen LogP contribution in [0.15, 0.2) is 47.4 Å². The van der Waals surface area contributed by atoms with Gasteiger partial charge < -0.3 is 14.6 Å². The minimum absolute atomic E-state index is 0.139. The van der Waals surface area contributed by atoms with Crippen molar-refractivity contribution in [2.75, 3.05) is 5.32 Å². The van der Waals surface area contributed by atoms with Crippen LogP contribution in [0.3, 0.4) is 0 Å². The van der Waals surface area contributed by atoms with E-state index in [1.807, 2.05) is 0 Å². The highest BCUT2D eigenvalue weighted by atomic mass is 35.5. The van der Waals surface area contributed by atoms with E-state index in [1.54, 1.807) is 0 Å². The van der Waals surface area contributed by atoms with Crippen LogP contribution >= 0.6 is 11.6 Å².